The summed E-state index contributed by atoms with van der Waals surface area (Å²) >= 11 is 0. The molecule has 2 N–H and O–H groups in total. The van der Waals surface area contributed by atoms with Crippen LogP contribution in [0.2, 0.25) is 0 Å². The maximum Gasteiger partial charge on any atom is 0.0681 e. The van der Waals surface area contributed by atoms with E-state index in [1.54, 1.807) is 0 Å². The molecule has 1 rings (SSSR count). The van der Waals surface area contributed by atoms with Gasteiger partial charge in [-0.2, -0.15) is 0 Å². The van der Waals surface area contributed by atoms with Crippen LogP contribution in [0.5, 0.6) is 0 Å². The largest absolute Gasteiger partial charge is 0.392 e. The van der Waals surface area contributed by atoms with E-state index < -0.39 is 0 Å². The van der Waals surface area contributed by atoms with Crippen LogP contribution in [0.4, 0.5) is 0 Å². The van der Waals surface area contributed by atoms with Gasteiger partial charge in [0.15, 0.2) is 0 Å². The molecule has 0 aliphatic heterocycles. The third-order valence-electron chi connectivity index (χ3n) is 3.13. The SMILES string of the molecule is CCCN(CC)CCNCc1ccc(CO)cc1. The molecular formula is C15H26N2O. The van der Waals surface area contributed by atoms with Gasteiger partial charge >= 0.3 is 0 Å². The van der Waals surface area contributed by atoms with E-state index in [-0.39, 0.29) is 6.61 Å². The Morgan fingerprint density at radius 2 is 1.72 bits per heavy atom. The second-order valence-electron chi connectivity index (χ2n) is 4.59. The van der Waals surface area contributed by atoms with Crippen LogP contribution in [-0.4, -0.2) is 36.2 Å². The first-order valence-corrected chi connectivity index (χ1v) is 6.91. The van der Waals surface area contributed by atoms with Gasteiger partial charge in [0.05, 0.1) is 6.61 Å². The summed E-state index contributed by atoms with van der Waals surface area (Å²) in [7, 11) is 0. The molecule has 3 heteroatoms. The van der Waals surface area contributed by atoms with E-state index in [1.807, 2.05) is 12.1 Å². The molecule has 0 heterocycles. The lowest BCUT2D eigenvalue weighted by atomic mass is 10.1. The maximum absolute atomic E-state index is 8.96. The van der Waals surface area contributed by atoms with Crippen LogP contribution in [0.25, 0.3) is 0 Å². The number of hydrogen-bond acceptors (Lipinski definition) is 3. The molecule has 3 nitrogen and oxygen atoms in total. The fourth-order valence-electron chi connectivity index (χ4n) is 1.98. The van der Waals surface area contributed by atoms with Crippen LogP contribution in [-0.2, 0) is 13.2 Å². The molecule has 1 aromatic carbocycles. The monoisotopic (exact) mass is 250 g/mol. The zero-order chi connectivity index (χ0) is 13.2. The summed E-state index contributed by atoms with van der Waals surface area (Å²) in [4.78, 5) is 2.46. The fraction of sp³-hybridized carbons (Fsp3) is 0.600. The van der Waals surface area contributed by atoms with Crippen LogP contribution >= 0.6 is 0 Å². The van der Waals surface area contributed by atoms with Gasteiger partial charge < -0.3 is 15.3 Å². The normalized spacial score (nSPS) is 11.1. The van der Waals surface area contributed by atoms with Gasteiger partial charge in [-0.25, -0.2) is 0 Å². The van der Waals surface area contributed by atoms with Crippen molar-refractivity contribution in [3.63, 3.8) is 0 Å². The van der Waals surface area contributed by atoms with Crippen LogP contribution in [0.15, 0.2) is 24.3 Å². The van der Waals surface area contributed by atoms with Crippen molar-refractivity contribution >= 4 is 0 Å². The van der Waals surface area contributed by atoms with Crippen molar-refractivity contribution in [2.24, 2.45) is 0 Å². The summed E-state index contributed by atoms with van der Waals surface area (Å²) in [6, 6.07) is 8.10. The Hall–Kier alpha value is -0.900. The third-order valence-corrected chi connectivity index (χ3v) is 3.13. The average Bonchev–Trinajstić information content (AvgIpc) is 2.43. The van der Waals surface area contributed by atoms with E-state index >= 15 is 0 Å². The Balaban J connectivity index is 2.20. The molecule has 0 saturated heterocycles. The van der Waals surface area contributed by atoms with Crippen molar-refractivity contribution < 1.29 is 5.11 Å². The van der Waals surface area contributed by atoms with Gasteiger partial charge in [-0.1, -0.05) is 38.1 Å². The summed E-state index contributed by atoms with van der Waals surface area (Å²) in [5.41, 5.74) is 2.24. The minimum atomic E-state index is 0.121. The van der Waals surface area contributed by atoms with Crippen molar-refractivity contribution in [1.29, 1.82) is 0 Å². The van der Waals surface area contributed by atoms with Crippen molar-refractivity contribution in [2.45, 2.75) is 33.4 Å². The molecule has 0 fully saturated rings. The van der Waals surface area contributed by atoms with E-state index in [9.17, 15) is 0 Å². The summed E-state index contributed by atoms with van der Waals surface area (Å²) in [6.07, 6.45) is 1.22. The summed E-state index contributed by atoms with van der Waals surface area (Å²) < 4.78 is 0. The number of rotatable bonds is 9. The van der Waals surface area contributed by atoms with Crippen LogP contribution < -0.4 is 5.32 Å². The molecule has 102 valence electrons. The number of benzene rings is 1. The lowest BCUT2D eigenvalue weighted by Crippen LogP contribution is -2.32. The lowest BCUT2D eigenvalue weighted by molar-refractivity contribution is 0.282. The van der Waals surface area contributed by atoms with Crippen LogP contribution in [0.3, 0.4) is 0 Å². The number of likely N-dealkylation sites (N-methyl/N-ethyl adjacent to an activating group) is 1. The molecule has 0 atom stereocenters. The summed E-state index contributed by atoms with van der Waals surface area (Å²) in [5.74, 6) is 0. The minimum absolute atomic E-state index is 0.121. The first kappa shape index (κ1) is 15.2. The highest BCUT2D eigenvalue weighted by atomic mass is 16.3. The van der Waals surface area contributed by atoms with E-state index in [4.69, 9.17) is 5.11 Å². The molecule has 0 bridgehead atoms. The highest BCUT2D eigenvalue weighted by Gasteiger charge is 1.99. The van der Waals surface area contributed by atoms with Crippen molar-refractivity contribution in [2.75, 3.05) is 26.2 Å². The van der Waals surface area contributed by atoms with Gasteiger partial charge in [0, 0.05) is 19.6 Å². The second-order valence-corrected chi connectivity index (χ2v) is 4.59. The highest BCUT2D eigenvalue weighted by molar-refractivity contribution is 5.21. The number of aliphatic hydroxyl groups is 1. The third kappa shape index (κ3) is 5.63. The molecule has 0 unspecified atom stereocenters. The molecule has 0 spiro atoms. The first-order chi connectivity index (χ1) is 8.80. The quantitative estimate of drug-likeness (QED) is 0.658. The van der Waals surface area contributed by atoms with E-state index in [0.717, 1.165) is 31.7 Å². The van der Waals surface area contributed by atoms with Gasteiger partial charge in [0.1, 0.15) is 0 Å². The summed E-state index contributed by atoms with van der Waals surface area (Å²) in [6.45, 7) is 9.90. The predicted octanol–water partition coefficient (Wildman–Crippen LogP) is 2.00. The first-order valence-electron chi connectivity index (χ1n) is 6.91. The summed E-state index contributed by atoms with van der Waals surface area (Å²) in [5, 5.41) is 12.4. The maximum atomic E-state index is 8.96. The molecular weight excluding hydrogens is 224 g/mol. The fourth-order valence-corrected chi connectivity index (χ4v) is 1.98. The van der Waals surface area contributed by atoms with E-state index in [1.165, 1.54) is 18.5 Å². The Kier molecular flexibility index (Phi) is 7.65. The Labute approximate surface area is 111 Å². The van der Waals surface area contributed by atoms with E-state index in [2.05, 4.69) is 36.2 Å². The average molecular weight is 250 g/mol. The molecule has 0 aliphatic rings. The molecule has 0 aliphatic carbocycles. The Morgan fingerprint density at radius 3 is 2.28 bits per heavy atom. The zero-order valence-electron chi connectivity index (χ0n) is 11.7. The Morgan fingerprint density at radius 1 is 1.06 bits per heavy atom. The molecule has 18 heavy (non-hydrogen) atoms. The lowest BCUT2D eigenvalue weighted by Gasteiger charge is -2.19. The topological polar surface area (TPSA) is 35.5 Å². The number of nitrogens with zero attached hydrogens (tertiary/aromatic N) is 1. The van der Waals surface area contributed by atoms with Crippen molar-refractivity contribution in [3.05, 3.63) is 35.4 Å². The standard InChI is InChI=1S/C15H26N2O/c1-3-10-17(4-2)11-9-16-12-14-5-7-15(13-18)8-6-14/h5-8,16,18H,3-4,9-13H2,1-2H3. The number of nitrogens with one attached hydrogen (secondary N) is 1. The van der Waals surface area contributed by atoms with Gasteiger partial charge in [-0.3, -0.25) is 0 Å². The molecule has 0 aromatic heterocycles. The van der Waals surface area contributed by atoms with Crippen LogP contribution in [0, 0.1) is 0 Å². The van der Waals surface area contributed by atoms with E-state index in [0.29, 0.717) is 0 Å². The minimum Gasteiger partial charge on any atom is -0.392 e. The highest BCUT2D eigenvalue weighted by Crippen LogP contribution is 2.03. The van der Waals surface area contributed by atoms with Gasteiger partial charge in [-0.15, -0.1) is 0 Å². The number of hydrogen-bond donors (Lipinski definition) is 2. The second kappa shape index (κ2) is 9.09. The van der Waals surface area contributed by atoms with Crippen molar-refractivity contribution in [1.82, 2.24) is 10.2 Å². The zero-order valence-corrected chi connectivity index (χ0v) is 11.7. The molecule has 1 aromatic rings. The molecule has 0 amide bonds. The number of aliphatic hydroxyl groups excluding tert-OH is 1. The molecule has 0 saturated carbocycles. The molecule has 0 radical (unpaired) electrons. The van der Waals surface area contributed by atoms with Crippen molar-refractivity contribution in [3.8, 4) is 0 Å². The van der Waals surface area contributed by atoms with Gasteiger partial charge in [0.25, 0.3) is 0 Å². The Bertz CT molecular complexity index is 311. The predicted molar refractivity (Wildman–Crippen MR) is 76.5 cm³/mol. The van der Waals surface area contributed by atoms with Gasteiger partial charge in [-0.05, 0) is 30.6 Å². The van der Waals surface area contributed by atoms with Crippen LogP contribution in [0.1, 0.15) is 31.4 Å². The van der Waals surface area contributed by atoms with Gasteiger partial charge in [0.2, 0.25) is 0 Å². The smallest absolute Gasteiger partial charge is 0.0681 e.